The summed E-state index contributed by atoms with van der Waals surface area (Å²) in [7, 11) is 2.08. The first-order chi connectivity index (χ1) is 10.1. The quantitative estimate of drug-likeness (QED) is 0.859. The minimum atomic E-state index is -0.325. The SMILES string of the molecule is CC(=O)O[C@H]1C[C@@H]2C[C@@H](O)[C@H]([C@H]1Cc1ccccc1)N2C. The molecule has 4 heteroatoms. The zero-order valence-electron chi connectivity index (χ0n) is 12.6. The Kier molecular flexibility index (Phi) is 4.00. The van der Waals surface area contributed by atoms with Gasteiger partial charge in [0, 0.05) is 31.3 Å². The van der Waals surface area contributed by atoms with Crippen LogP contribution in [-0.4, -0.2) is 47.3 Å². The maximum Gasteiger partial charge on any atom is 0.302 e. The molecule has 114 valence electrons. The molecule has 0 unspecified atom stereocenters. The molecule has 0 aliphatic carbocycles. The van der Waals surface area contributed by atoms with E-state index in [4.69, 9.17) is 4.74 Å². The molecule has 2 bridgehead atoms. The molecule has 0 amide bonds. The molecule has 5 atom stereocenters. The Balaban J connectivity index is 1.85. The van der Waals surface area contributed by atoms with Gasteiger partial charge >= 0.3 is 5.97 Å². The number of rotatable bonds is 3. The average molecular weight is 289 g/mol. The molecule has 2 heterocycles. The van der Waals surface area contributed by atoms with Crippen molar-refractivity contribution in [2.24, 2.45) is 5.92 Å². The molecule has 2 aliphatic rings. The zero-order valence-corrected chi connectivity index (χ0v) is 12.6. The first-order valence-electron chi connectivity index (χ1n) is 7.67. The summed E-state index contributed by atoms with van der Waals surface area (Å²) in [6.07, 6.45) is 2.02. The van der Waals surface area contributed by atoms with Crippen molar-refractivity contribution in [3.05, 3.63) is 35.9 Å². The number of carbonyl (C=O) groups excluding carboxylic acids is 1. The van der Waals surface area contributed by atoms with Crippen molar-refractivity contribution in [2.45, 2.75) is 50.5 Å². The molecule has 0 spiro atoms. The average Bonchev–Trinajstić information content (AvgIpc) is 2.62. The fourth-order valence-electron chi connectivity index (χ4n) is 4.10. The lowest BCUT2D eigenvalue weighted by Crippen LogP contribution is -2.53. The van der Waals surface area contributed by atoms with Crippen molar-refractivity contribution in [1.82, 2.24) is 4.90 Å². The van der Waals surface area contributed by atoms with Gasteiger partial charge in [0.15, 0.2) is 0 Å². The number of nitrogens with zero attached hydrogens (tertiary/aromatic N) is 1. The highest BCUT2D eigenvalue weighted by Gasteiger charge is 2.51. The molecule has 4 nitrogen and oxygen atoms in total. The second kappa shape index (κ2) is 5.78. The van der Waals surface area contributed by atoms with E-state index < -0.39 is 0 Å². The molecule has 1 N–H and O–H groups in total. The van der Waals surface area contributed by atoms with Crippen LogP contribution in [0.5, 0.6) is 0 Å². The molecular formula is C17H23NO3. The standard InChI is InChI=1S/C17H23NO3/c1-11(19)21-16-10-13-9-15(20)17(18(13)2)14(16)8-12-6-4-3-5-7-12/h3-7,13-17,20H,8-10H2,1-2H3/t13-,14-,15+,16-,17-/m0/s1. The van der Waals surface area contributed by atoms with Crippen molar-refractivity contribution >= 4 is 5.97 Å². The van der Waals surface area contributed by atoms with Gasteiger partial charge in [-0.05, 0) is 25.5 Å². The summed E-state index contributed by atoms with van der Waals surface area (Å²) in [4.78, 5) is 13.7. The van der Waals surface area contributed by atoms with Gasteiger partial charge in [0.2, 0.25) is 0 Å². The molecular weight excluding hydrogens is 266 g/mol. The van der Waals surface area contributed by atoms with E-state index in [1.807, 2.05) is 18.2 Å². The number of likely N-dealkylation sites (N-methyl/N-ethyl adjacent to an activating group) is 1. The minimum Gasteiger partial charge on any atom is -0.462 e. The first kappa shape index (κ1) is 14.5. The Morgan fingerprint density at radius 3 is 2.71 bits per heavy atom. The fraction of sp³-hybridized carbons (Fsp3) is 0.588. The smallest absolute Gasteiger partial charge is 0.302 e. The van der Waals surface area contributed by atoms with Crippen LogP contribution in [0.1, 0.15) is 25.3 Å². The number of esters is 1. The van der Waals surface area contributed by atoms with E-state index in [2.05, 4.69) is 24.1 Å². The van der Waals surface area contributed by atoms with E-state index in [9.17, 15) is 9.90 Å². The normalized spacial score (nSPS) is 35.7. The number of piperidine rings is 1. The van der Waals surface area contributed by atoms with Crippen molar-refractivity contribution in [3.8, 4) is 0 Å². The van der Waals surface area contributed by atoms with Crippen LogP contribution in [0.3, 0.4) is 0 Å². The van der Waals surface area contributed by atoms with Gasteiger partial charge in [-0.15, -0.1) is 0 Å². The van der Waals surface area contributed by atoms with Gasteiger partial charge in [-0.3, -0.25) is 9.69 Å². The van der Waals surface area contributed by atoms with E-state index >= 15 is 0 Å². The van der Waals surface area contributed by atoms with Gasteiger partial charge in [0.25, 0.3) is 0 Å². The van der Waals surface area contributed by atoms with E-state index in [0.29, 0.717) is 6.04 Å². The van der Waals surface area contributed by atoms with Crippen LogP contribution < -0.4 is 0 Å². The fourth-order valence-corrected chi connectivity index (χ4v) is 4.10. The Morgan fingerprint density at radius 2 is 2.05 bits per heavy atom. The summed E-state index contributed by atoms with van der Waals surface area (Å²) in [5, 5.41) is 10.4. The molecule has 3 rings (SSSR count). The van der Waals surface area contributed by atoms with Crippen molar-refractivity contribution in [1.29, 1.82) is 0 Å². The van der Waals surface area contributed by atoms with Gasteiger partial charge in [0.1, 0.15) is 6.10 Å². The van der Waals surface area contributed by atoms with E-state index in [0.717, 1.165) is 19.3 Å². The Bertz CT molecular complexity index is 504. The second-order valence-corrected chi connectivity index (χ2v) is 6.35. The lowest BCUT2D eigenvalue weighted by atomic mass is 9.82. The van der Waals surface area contributed by atoms with E-state index in [-0.39, 0.29) is 30.1 Å². The Morgan fingerprint density at radius 1 is 1.33 bits per heavy atom. The lowest BCUT2D eigenvalue weighted by molar-refractivity contribution is -0.155. The number of ether oxygens (including phenoxy) is 1. The van der Waals surface area contributed by atoms with Crippen LogP contribution >= 0.6 is 0 Å². The lowest BCUT2D eigenvalue weighted by Gasteiger charge is -2.42. The highest BCUT2D eigenvalue weighted by Crippen LogP contribution is 2.41. The predicted molar refractivity (Wildman–Crippen MR) is 79.8 cm³/mol. The topological polar surface area (TPSA) is 49.8 Å². The van der Waals surface area contributed by atoms with Crippen LogP contribution in [0.15, 0.2) is 30.3 Å². The van der Waals surface area contributed by atoms with Crippen LogP contribution in [0.25, 0.3) is 0 Å². The van der Waals surface area contributed by atoms with Crippen LogP contribution in [0, 0.1) is 5.92 Å². The Labute approximate surface area is 125 Å². The number of aliphatic hydroxyl groups is 1. The van der Waals surface area contributed by atoms with E-state index in [1.54, 1.807) is 0 Å². The first-order valence-corrected chi connectivity index (χ1v) is 7.67. The van der Waals surface area contributed by atoms with Crippen LogP contribution in [0.2, 0.25) is 0 Å². The molecule has 2 saturated heterocycles. The van der Waals surface area contributed by atoms with Crippen molar-refractivity contribution in [2.75, 3.05) is 7.05 Å². The van der Waals surface area contributed by atoms with Crippen molar-refractivity contribution < 1.29 is 14.6 Å². The van der Waals surface area contributed by atoms with Crippen molar-refractivity contribution in [3.63, 3.8) is 0 Å². The highest BCUT2D eigenvalue weighted by molar-refractivity contribution is 5.66. The number of fused-ring (bicyclic) bond motifs is 2. The number of benzene rings is 1. The van der Waals surface area contributed by atoms with E-state index in [1.165, 1.54) is 12.5 Å². The van der Waals surface area contributed by atoms with Crippen LogP contribution in [0.4, 0.5) is 0 Å². The third-order valence-corrected chi connectivity index (χ3v) is 5.01. The van der Waals surface area contributed by atoms with Gasteiger partial charge in [-0.2, -0.15) is 0 Å². The third kappa shape index (κ3) is 2.83. The summed E-state index contributed by atoms with van der Waals surface area (Å²) in [6, 6.07) is 10.6. The summed E-state index contributed by atoms with van der Waals surface area (Å²) >= 11 is 0. The van der Waals surface area contributed by atoms with Gasteiger partial charge in [-0.1, -0.05) is 30.3 Å². The number of hydrogen-bond acceptors (Lipinski definition) is 4. The molecule has 2 fully saturated rings. The summed E-state index contributed by atoms with van der Waals surface area (Å²) < 4.78 is 5.58. The second-order valence-electron chi connectivity index (χ2n) is 6.35. The summed E-state index contributed by atoms with van der Waals surface area (Å²) in [6.45, 7) is 1.47. The third-order valence-electron chi connectivity index (χ3n) is 5.01. The maximum absolute atomic E-state index is 11.4. The summed E-state index contributed by atoms with van der Waals surface area (Å²) in [5.74, 6) is -0.0773. The largest absolute Gasteiger partial charge is 0.462 e. The highest BCUT2D eigenvalue weighted by atomic mass is 16.5. The zero-order chi connectivity index (χ0) is 15.0. The minimum absolute atomic E-state index is 0.0771. The predicted octanol–water partition coefficient (Wildman–Crippen LogP) is 1.61. The molecule has 0 saturated carbocycles. The van der Waals surface area contributed by atoms with Gasteiger partial charge in [-0.25, -0.2) is 0 Å². The van der Waals surface area contributed by atoms with Crippen LogP contribution in [-0.2, 0) is 16.0 Å². The Hall–Kier alpha value is -1.39. The maximum atomic E-state index is 11.4. The number of carbonyl (C=O) groups is 1. The van der Waals surface area contributed by atoms with Gasteiger partial charge < -0.3 is 9.84 Å². The molecule has 21 heavy (non-hydrogen) atoms. The number of aliphatic hydroxyl groups excluding tert-OH is 1. The molecule has 1 aromatic rings. The molecule has 1 aromatic carbocycles. The molecule has 0 radical (unpaired) electrons. The molecule has 2 aliphatic heterocycles. The van der Waals surface area contributed by atoms with Gasteiger partial charge in [0.05, 0.1) is 6.10 Å². The molecule has 0 aromatic heterocycles. The monoisotopic (exact) mass is 289 g/mol. The number of hydrogen-bond donors (Lipinski definition) is 1. The summed E-state index contributed by atoms with van der Waals surface area (Å²) in [5.41, 5.74) is 1.23.